The number of aromatic hydroxyl groups is 1. The van der Waals surface area contributed by atoms with E-state index in [0.29, 0.717) is 0 Å². The van der Waals surface area contributed by atoms with E-state index in [1.165, 1.54) is 44.1 Å². The molecular formula is C22H24N2O9. The second kappa shape index (κ2) is 6.87. The highest BCUT2D eigenvalue weighted by atomic mass is 16.3. The Balaban J connectivity index is 2.08. The monoisotopic (exact) mass is 460 g/mol. The highest BCUT2D eigenvalue weighted by Gasteiger charge is 2.71. The zero-order valence-electron chi connectivity index (χ0n) is 18.0. The molecule has 0 amide bonds. The number of carbonyl (C=O) groups excluding carboxylic acids is 3. The van der Waals surface area contributed by atoms with Gasteiger partial charge in [0.2, 0.25) is 11.6 Å². The van der Waals surface area contributed by atoms with Crippen LogP contribution in [0, 0.1) is 11.8 Å². The first kappa shape index (κ1) is 22.9. The topological polar surface area (TPSA) is 202 Å². The van der Waals surface area contributed by atoms with E-state index in [4.69, 9.17) is 5.73 Å². The van der Waals surface area contributed by atoms with Crippen molar-refractivity contribution < 1.29 is 45.0 Å². The van der Waals surface area contributed by atoms with Crippen molar-refractivity contribution in [1.82, 2.24) is 4.90 Å². The first-order chi connectivity index (χ1) is 15.2. The summed E-state index contributed by atoms with van der Waals surface area (Å²) in [5.74, 6) is -9.77. The largest absolute Gasteiger partial charge is 0.507 e. The minimum absolute atomic E-state index is 0.00101. The lowest BCUT2D eigenvalue weighted by atomic mass is 9.52. The summed E-state index contributed by atoms with van der Waals surface area (Å²) in [5.41, 5.74) is -1.82. The van der Waals surface area contributed by atoms with Gasteiger partial charge in [0.15, 0.2) is 17.3 Å². The van der Waals surface area contributed by atoms with Crippen LogP contribution < -0.4 is 5.73 Å². The van der Waals surface area contributed by atoms with Crippen LogP contribution in [0.25, 0.3) is 5.76 Å². The minimum atomic E-state index is -3.09. The predicted octanol–water partition coefficient (Wildman–Crippen LogP) is -1.40. The number of benzene rings is 1. The van der Waals surface area contributed by atoms with Gasteiger partial charge in [0.1, 0.15) is 17.1 Å². The van der Waals surface area contributed by atoms with Crippen LogP contribution in [-0.2, 0) is 20.0 Å². The number of hydrogen-bond donors (Lipinski definition) is 7. The SMILES string of the molecule is CN(C)[C@@H]1C(=O)/C(=C(\N)O)C(=O)[C@@]2(O)C(=O)C3=C(O)c4c(O)cccc4[C@@](C)(O)[C@H]3[C@H](O)[C@@H]12. The number of nitrogens with two attached hydrogens (primary N) is 1. The molecule has 2 fully saturated rings. The molecule has 6 atom stereocenters. The van der Waals surface area contributed by atoms with E-state index in [2.05, 4.69) is 0 Å². The fourth-order valence-electron chi connectivity index (χ4n) is 5.59. The Bertz CT molecular complexity index is 1180. The number of phenols is 1. The highest BCUT2D eigenvalue weighted by molar-refractivity contribution is 6.36. The molecule has 0 aromatic heterocycles. The van der Waals surface area contributed by atoms with E-state index >= 15 is 0 Å². The molecule has 2 saturated carbocycles. The van der Waals surface area contributed by atoms with E-state index in [1.807, 2.05) is 0 Å². The van der Waals surface area contributed by atoms with E-state index in [9.17, 15) is 45.0 Å². The molecule has 176 valence electrons. The normalized spacial score (nSPS) is 37.6. The summed E-state index contributed by atoms with van der Waals surface area (Å²) in [5, 5.41) is 65.3. The van der Waals surface area contributed by atoms with Crippen molar-refractivity contribution in [3.63, 3.8) is 0 Å². The average molecular weight is 460 g/mol. The van der Waals surface area contributed by atoms with Crippen LogP contribution in [0.1, 0.15) is 18.1 Å². The van der Waals surface area contributed by atoms with Crippen LogP contribution in [0.5, 0.6) is 5.75 Å². The third kappa shape index (κ3) is 2.61. The number of fused-ring (bicyclic) bond motifs is 3. The Kier molecular flexibility index (Phi) is 4.78. The van der Waals surface area contributed by atoms with Gasteiger partial charge in [-0.15, -0.1) is 0 Å². The molecule has 3 aliphatic rings. The first-order valence-corrected chi connectivity index (χ1v) is 10.1. The molecule has 3 aliphatic carbocycles. The maximum absolute atomic E-state index is 13.7. The number of rotatable bonds is 1. The third-order valence-corrected chi connectivity index (χ3v) is 7.02. The van der Waals surface area contributed by atoms with Gasteiger partial charge in [-0.1, -0.05) is 12.1 Å². The van der Waals surface area contributed by atoms with Crippen molar-refractivity contribution in [2.45, 2.75) is 30.3 Å². The third-order valence-electron chi connectivity index (χ3n) is 7.02. The molecule has 11 nitrogen and oxygen atoms in total. The van der Waals surface area contributed by atoms with Gasteiger partial charge in [0, 0.05) is 0 Å². The standard InChI is InChI=1S/C22H24N2O9/c1-21(32)7-5-4-6-8(25)9(7)15(26)10-12(21)17(28)13-14(24(2)3)16(27)11(20(23)31)19(30)22(13,33)18(10)29/h4-6,12-14,17,25-26,28,31-33H,23H2,1-3H3/b20-11-/t12-,13-,14+,17+,21-,22+/m1/s1. The van der Waals surface area contributed by atoms with Gasteiger partial charge in [0.25, 0.3) is 0 Å². The Morgan fingerprint density at radius 1 is 1.09 bits per heavy atom. The predicted molar refractivity (Wildman–Crippen MR) is 112 cm³/mol. The van der Waals surface area contributed by atoms with Crippen molar-refractivity contribution in [2.24, 2.45) is 17.6 Å². The van der Waals surface area contributed by atoms with Crippen LogP contribution in [0.15, 0.2) is 35.2 Å². The smallest absolute Gasteiger partial charge is 0.211 e. The van der Waals surface area contributed by atoms with E-state index in [1.54, 1.807) is 0 Å². The average Bonchev–Trinajstić information content (AvgIpc) is 2.70. The number of Topliss-reactive ketones (excluding diaryl/α,β-unsaturated/α-hetero) is 3. The van der Waals surface area contributed by atoms with Crippen molar-refractivity contribution in [3.05, 3.63) is 46.4 Å². The number of likely N-dealkylation sites (N-methyl/N-ethyl adjacent to an activating group) is 1. The van der Waals surface area contributed by atoms with Gasteiger partial charge < -0.3 is 36.4 Å². The molecule has 0 bridgehead atoms. The lowest BCUT2D eigenvalue weighted by molar-refractivity contribution is -0.187. The molecule has 1 aromatic rings. The molecule has 4 rings (SSSR count). The van der Waals surface area contributed by atoms with Crippen molar-refractivity contribution >= 4 is 23.1 Å². The van der Waals surface area contributed by atoms with E-state index in [-0.39, 0.29) is 11.1 Å². The van der Waals surface area contributed by atoms with Crippen LogP contribution in [-0.4, -0.2) is 84.7 Å². The van der Waals surface area contributed by atoms with Gasteiger partial charge >= 0.3 is 0 Å². The number of phenolic OH excluding ortho intramolecular Hbond substituents is 1. The van der Waals surface area contributed by atoms with Crippen LogP contribution in [0.3, 0.4) is 0 Å². The van der Waals surface area contributed by atoms with Crippen molar-refractivity contribution in [1.29, 1.82) is 0 Å². The van der Waals surface area contributed by atoms with E-state index < -0.39 is 81.1 Å². The molecule has 8 N–H and O–H groups in total. The number of nitrogens with zero attached hydrogens (tertiary/aromatic N) is 1. The number of ketones is 3. The Labute approximate surface area is 187 Å². The maximum atomic E-state index is 13.7. The maximum Gasteiger partial charge on any atom is 0.211 e. The first-order valence-electron chi connectivity index (χ1n) is 10.1. The van der Waals surface area contributed by atoms with Gasteiger partial charge in [-0.3, -0.25) is 19.3 Å². The van der Waals surface area contributed by atoms with Crippen molar-refractivity contribution in [3.8, 4) is 5.75 Å². The Hall–Kier alpha value is -3.25. The van der Waals surface area contributed by atoms with Crippen LogP contribution in [0.4, 0.5) is 0 Å². The summed E-state index contributed by atoms with van der Waals surface area (Å²) in [4.78, 5) is 41.1. The molecule has 0 saturated heterocycles. The van der Waals surface area contributed by atoms with Gasteiger partial charge in [0.05, 0.1) is 40.7 Å². The fourth-order valence-corrected chi connectivity index (χ4v) is 5.59. The fraction of sp³-hybridized carbons (Fsp3) is 0.409. The molecule has 0 aliphatic heterocycles. The van der Waals surface area contributed by atoms with E-state index in [0.717, 1.165) is 0 Å². The summed E-state index contributed by atoms with van der Waals surface area (Å²) >= 11 is 0. The second-order valence-electron chi connectivity index (χ2n) is 9.06. The number of hydrogen-bond acceptors (Lipinski definition) is 11. The van der Waals surface area contributed by atoms with Gasteiger partial charge in [-0.05, 0) is 32.6 Å². The lowest BCUT2D eigenvalue weighted by Crippen LogP contribution is -2.74. The molecule has 0 heterocycles. The highest BCUT2D eigenvalue weighted by Crippen LogP contribution is 2.56. The molecule has 0 unspecified atom stereocenters. The number of carbonyl (C=O) groups is 3. The number of aliphatic hydroxyl groups is 5. The molecule has 0 radical (unpaired) electrons. The quantitative estimate of drug-likeness (QED) is 0.112. The summed E-state index contributed by atoms with van der Waals surface area (Å²) in [6.45, 7) is 1.25. The molecule has 0 spiro atoms. The number of aliphatic hydroxyl groups excluding tert-OH is 3. The summed E-state index contributed by atoms with van der Waals surface area (Å²) in [6.07, 6.45) is -1.89. The van der Waals surface area contributed by atoms with Crippen LogP contribution >= 0.6 is 0 Å². The van der Waals surface area contributed by atoms with Gasteiger partial charge in [-0.25, -0.2) is 0 Å². The second-order valence-corrected chi connectivity index (χ2v) is 9.06. The lowest BCUT2D eigenvalue weighted by Gasteiger charge is -2.55. The zero-order chi connectivity index (χ0) is 24.8. The summed E-state index contributed by atoms with van der Waals surface area (Å²) < 4.78 is 0. The Morgan fingerprint density at radius 3 is 2.24 bits per heavy atom. The summed E-state index contributed by atoms with van der Waals surface area (Å²) in [6, 6.07) is 2.49. The molecule has 11 heteroatoms. The summed E-state index contributed by atoms with van der Waals surface area (Å²) in [7, 11) is 2.80. The Morgan fingerprint density at radius 2 is 1.70 bits per heavy atom. The van der Waals surface area contributed by atoms with Gasteiger partial charge in [-0.2, -0.15) is 0 Å². The van der Waals surface area contributed by atoms with Crippen LogP contribution in [0.2, 0.25) is 0 Å². The molecule has 33 heavy (non-hydrogen) atoms. The zero-order valence-corrected chi connectivity index (χ0v) is 18.0. The van der Waals surface area contributed by atoms with Crippen molar-refractivity contribution in [2.75, 3.05) is 14.1 Å². The minimum Gasteiger partial charge on any atom is -0.507 e. The molecule has 1 aromatic carbocycles. The molecular weight excluding hydrogens is 436 g/mol.